The van der Waals surface area contributed by atoms with Crippen molar-refractivity contribution in [3.63, 3.8) is 0 Å². The summed E-state index contributed by atoms with van der Waals surface area (Å²) in [6.45, 7) is 11.2. The average molecular weight is 598 g/mol. The van der Waals surface area contributed by atoms with Gasteiger partial charge in [-0.3, -0.25) is 10.1 Å². The Morgan fingerprint density at radius 1 is 0.907 bits per heavy atom. The lowest BCUT2D eigenvalue weighted by Gasteiger charge is -2.37. The summed E-state index contributed by atoms with van der Waals surface area (Å²) in [5, 5.41) is 3.93. The van der Waals surface area contributed by atoms with Crippen LogP contribution in [0.3, 0.4) is 0 Å². The molecule has 0 saturated carbocycles. The van der Waals surface area contributed by atoms with E-state index in [1.807, 2.05) is 17.7 Å². The van der Waals surface area contributed by atoms with Crippen molar-refractivity contribution in [1.29, 1.82) is 0 Å². The van der Waals surface area contributed by atoms with E-state index in [9.17, 15) is 4.79 Å². The molecule has 228 valence electrons. The van der Waals surface area contributed by atoms with Gasteiger partial charge in [-0.15, -0.1) is 0 Å². The van der Waals surface area contributed by atoms with E-state index in [0.717, 1.165) is 24.8 Å². The standard InChI is InChI=1S/C36H47N3O3Si/c1-5-42-35(40)30(26-34-27-39(28-37-34)29-41-24-25-43(2,3)4)16-15-23-38-36(31-17-9-6-10-18-31,32-19-11-7-12-20-32)33-21-13-8-14-22-33/h6-14,17-22,27-28,30,38H,5,15-16,23-26,29H2,1-4H3/t30-/m1/s1. The molecule has 4 aromatic rings. The Morgan fingerprint density at radius 3 is 1.98 bits per heavy atom. The SMILES string of the molecule is CCOC(=O)[C@H](CCCNC(c1ccccc1)(c1ccccc1)c1ccccc1)Cc1cn(COCC[Si](C)(C)C)cn1. The number of carbonyl (C=O) groups is 1. The van der Waals surface area contributed by atoms with E-state index in [1.54, 1.807) is 6.33 Å². The van der Waals surface area contributed by atoms with Gasteiger partial charge in [0.25, 0.3) is 0 Å². The molecule has 4 rings (SSSR count). The predicted molar refractivity (Wildman–Crippen MR) is 177 cm³/mol. The van der Waals surface area contributed by atoms with Crippen molar-refractivity contribution in [2.24, 2.45) is 5.92 Å². The topological polar surface area (TPSA) is 65.4 Å². The lowest BCUT2D eigenvalue weighted by molar-refractivity contribution is -0.148. The quantitative estimate of drug-likeness (QED) is 0.0600. The summed E-state index contributed by atoms with van der Waals surface area (Å²) >= 11 is 0. The van der Waals surface area contributed by atoms with Gasteiger partial charge in [-0.2, -0.15) is 0 Å². The van der Waals surface area contributed by atoms with Gasteiger partial charge in [0.15, 0.2) is 0 Å². The van der Waals surface area contributed by atoms with Crippen molar-refractivity contribution in [3.8, 4) is 0 Å². The monoisotopic (exact) mass is 597 g/mol. The fourth-order valence-corrected chi connectivity index (χ4v) is 6.20. The van der Waals surface area contributed by atoms with Crippen LogP contribution in [-0.4, -0.2) is 43.4 Å². The highest BCUT2D eigenvalue weighted by Gasteiger charge is 2.35. The number of benzene rings is 3. The van der Waals surface area contributed by atoms with E-state index in [0.29, 0.717) is 32.7 Å². The van der Waals surface area contributed by atoms with Crippen LogP contribution >= 0.6 is 0 Å². The van der Waals surface area contributed by atoms with E-state index in [4.69, 9.17) is 9.47 Å². The molecule has 3 aromatic carbocycles. The molecule has 7 heteroatoms. The smallest absolute Gasteiger partial charge is 0.309 e. The molecule has 0 saturated heterocycles. The van der Waals surface area contributed by atoms with Gasteiger partial charge in [-0.25, -0.2) is 4.98 Å². The first-order valence-electron chi connectivity index (χ1n) is 15.5. The van der Waals surface area contributed by atoms with Crippen LogP contribution in [-0.2, 0) is 33.0 Å². The van der Waals surface area contributed by atoms with Crippen molar-refractivity contribution in [2.45, 2.75) is 64.1 Å². The first-order valence-corrected chi connectivity index (χ1v) is 19.2. The highest BCUT2D eigenvalue weighted by Crippen LogP contribution is 2.36. The van der Waals surface area contributed by atoms with E-state index < -0.39 is 13.6 Å². The number of aromatic nitrogens is 2. The zero-order chi connectivity index (χ0) is 30.5. The highest BCUT2D eigenvalue weighted by molar-refractivity contribution is 6.76. The Bertz CT molecular complexity index is 1270. The normalized spacial score (nSPS) is 12.7. The largest absolute Gasteiger partial charge is 0.466 e. The Labute approximate surface area is 258 Å². The van der Waals surface area contributed by atoms with E-state index in [1.165, 1.54) is 16.7 Å². The number of nitrogens with zero attached hydrogens (tertiary/aromatic N) is 2. The minimum Gasteiger partial charge on any atom is -0.466 e. The molecule has 0 amide bonds. The van der Waals surface area contributed by atoms with Crippen LogP contribution in [0.25, 0.3) is 0 Å². The van der Waals surface area contributed by atoms with Gasteiger partial charge in [-0.05, 0) is 49.0 Å². The van der Waals surface area contributed by atoms with Gasteiger partial charge in [-0.1, -0.05) is 111 Å². The number of nitrogens with one attached hydrogen (secondary N) is 1. The summed E-state index contributed by atoms with van der Waals surface area (Å²) in [6.07, 6.45) is 5.83. The second kappa shape index (κ2) is 15.8. The number of ether oxygens (including phenoxy) is 2. The first kappa shape index (κ1) is 32.4. The van der Waals surface area contributed by atoms with Gasteiger partial charge >= 0.3 is 5.97 Å². The summed E-state index contributed by atoms with van der Waals surface area (Å²) in [4.78, 5) is 17.6. The fraction of sp³-hybridized carbons (Fsp3) is 0.389. The van der Waals surface area contributed by atoms with E-state index >= 15 is 0 Å². The van der Waals surface area contributed by atoms with Crippen molar-refractivity contribution in [1.82, 2.24) is 14.9 Å². The number of imidazole rings is 1. The minimum atomic E-state index is -1.13. The highest BCUT2D eigenvalue weighted by atomic mass is 28.3. The zero-order valence-electron chi connectivity index (χ0n) is 26.2. The molecule has 1 aromatic heterocycles. The second-order valence-corrected chi connectivity index (χ2v) is 17.9. The lowest BCUT2D eigenvalue weighted by Crippen LogP contribution is -2.45. The summed E-state index contributed by atoms with van der Waals surface area (Å²) in [5.74, 6) is -0.429. The van der Waals surface area contributed by atoms with E-state index in [2.05, 4.69) is 121 Å². The Balaban J connectivity index is 1.46. The molecule has 0 spiro atoms. The lowest BCUT2D eigenvalue weighted by atomic mass is 9.77. The summed E-state index contributed by atoms with van der Waals surface area (Å²) < 4.78 is 13.3. The zero-order valence-corrected chi connectivity index (χ0v) is 27.2. The van der Waals surface area contributed by atoms with Gasteiger partial charge in [0.05, 0.1) is 30.1 Å². The second-order valence-electron chi connectivity index (χ2n) is 12.3. The molecule has 1 atom stereocenters. The maximum Gasteiger partial charge on any atom is 0.309 e. The van der Waals surface area contributed by atoms with Gasteiger partial charge in [0.1, 0.15) is 6.73 Å². The average Bonchev–Trinajstić information content (AvgIpc) is 3.47. The van der Waals surface area contributed by atoms with Gasteiger partial charge in [0, 0.05) is 27.3 Å². The molecule has 0 bridgehead atoms. The molecule has 0 aliphatic rings. The van der Waals surface area contributed by atoms with Crippen molar-refractivity contribution < 1.29 is 14.3 Å². The predicted octanol–water partition coefficient (Wildman–Crippen LogP) is 7.28. The minimum absolute atomic E-state index is 0.163. The number of esters is 1. The molecule has 1 N–H and O–H groups in total. The summed E-state index contributed by atoms with van der Waals surface area (Å²) in [5.41, 5.74) is 3.87. The van der Waals surface area contributed by atoms with Crippen molar-refractivity contribution in [2.75, 3.05) is 19.8 Å². The van der Waals surface area contributed by atoms with Crippen molar-refractivity contribution in [3.05, 3.63) is 126 Å². The summed E-state index contributed by atoms with van der Waals surface area (Å²) in [7, 11) is -1.13. The third-order valence-electron chi connectivity index (χ3n) is 7.74. The molecule has 0 radical (unpaired) electrons. The number of carbonyl (C=O) groups excluding carboxylic acids is 1. The van der Waals surface area contributed by atoms with Crippen LogP contribution < -0.4 is 5.32 Å². The molecule has 0 aliphatic heterocycles. The van der Waals surface area contributed by atoms with Crippen molar-refractivity contribution >= 4 is 14.0 Å². The van der Waals surface area contributed by atoms with Crippen LogP contribution in [0, 0.1) is 5.92 Å². The Morgan fingerprint density at radius 2 is 1.47 bits per heavy atom. The molecule has 1 heterocycles. The Kier molecular flexibility index (Phi) is 11.9. The number of hydrogen-bond acceptors (Lipinski definition) is 5. The molecule has 0 aliphatic carbocycles. The number of hydrogen-bond donors (Lipinski definition) is 1. The molecule has 6 nitrogen and oxygen atoms in total. The summed E-state index contributed by atoms with van der Waals surface area (Å²) in [6, 6.07) is 32.9. The fourth-order valence-electron chi connectivity index (χ4n) is 5.44. The Hall–Kier alpha value is -3.52. The van der Waals surface area contributed by atoms with Crippen LogP contribution in [0.2, 0.25) is 25.7 Å². The third kappa shape index (κ3) is 9.23. The first-order chi connectivity index (χ1) is 20.8. The van der Waals surface area contributed by atoms with Crippen LogP contribution in [0.15, 0.2) is 104 Å². The van der Waals surface area contributed by atoms with E-state index in [-0.39, 0.29) is 11.9 Å². The molecule has 0 unspecified atom stereocenters. The maximum absolute atomic E-state index is 13.0. The molecular formula is C36H47N3O3Si. The van der Waals surface area contributed by atoms with Gasteiger partial charge < -0.3 is 14.0 Å². The van der Waals surface area contributed by atoms with Crippen LogP contribution in [0.4, 0.5) is 0 Å². The number of rotatable bonds is 17. The van der Waals surface area contributed by atoms with Crippen LogP contribution in [0.5, 0.6) is 0 Å². The van der Waals surface area contributed by atoms with Gasteiger partial charge in [0.2, 0.25) is 0 Å². The molecular weight excluding hydrogens is 551 g/mol. The van der Waals surface area contributed by atoms with Crippen LogP contribution in [0.1, 0.15) is 42.1 Å². The molecule has 0 fully saturated rings. The third-order valence-corrected chi connectivity index (χ3v) is 9.44. The molecule has 43 heavy (non-hydrogen) atoms. The maximum atomic E-state index is 13.0.